The number of rotatable bonds is 7. The van der Waals surface area contributed by atoms with E-state index in [9.17, 15) is 9.18 Å². The first kappa shape index (κ1) is 21.0. The number of amides is 1. The molecule has 0 saturated carbocycles. The van der Waals surface area contributed by atoms with Gasteiger partial charge in [-0.3, -0.25) is 4.79 Å². The fourth-order valence-corrected chi connectivity index (χ4v) is 3.11. The molecule has 1 heterocycles. The molecule has 0 aliphatic carbocycles. The Balaban J connectivity index is 1.71. The van der Waals surface area contributed by atoms with Gasteiger partial charge in [0.15, 0.2) is 5.82 Å². The number of hydrogen-bond donors (Lipinski definition) is 1. The topological polar surface area (TPSA) is 78.3 Å². The van der Waals surface area contributed by atoms with Gasteiger partial charge in [-0.05, 0) is 67.6 Å². The Hall–Kier alpha value is -4.20. The van der Waals surface area contributed by atoms with E-state index in [4.69, 9.17) is 9.47 Å². The largest absolute Gasteiger partial charge is 0.497 e. The van der Waals surface area contributed by atoms with E-state index in [0.29, 0.717) is 35.1 Å². The summed E-state index contributed by atoms with van der Waals surface area (Å²) in [6.45, 7) is 2.46. The van der Waals surface area contributed by atoms with Gasteiger partial charge in [0.2, 0.25) is 5.82 Å². The lowest BCUT2D eigenvalue weighted by Gasteiger charge is -2.08. The van der Waals surface area contributed by atoms with Crippen LogP contribution in [0.15, 0.2) is 72.8 Å². The lowest BCUT2D eigenvalue weighted by atomic mass is 10.2. The number of carbonyl (C=O) groups is 1. The van der Waals surface area contributed by atoms with Crippen molar-refractivity contribution in [2.24, 2.45) is 0 Å². The van der Waals surface area contributed by atoms with Crippen LogP contribution in [0, 0.1) is 5.82 Å². The second-order valence-corrected chi connectivity index (χ2v) is 6.79. The van der Waals surface area contributed by atoms with E-state index in [1.165, 1.54) is 12.1 Å². The maximum atomic E-state index is 13.4. The van der Waals surface area contributed by atoms with Gasteiger partial charge in [-0.2, -0.15) is 0 Å². The second-order valence-electron chi connectivity index (χ2n) is 6.79. The predicted octanol–water partition coefficient (Wildman–Crippen LogP) is 4.73. The molecule has 0 spiro atoms. The molecular weight excluding hydrogens is 411 g/mol. The Morgan fingerprint density at radius 1 is 1.03 bits per heavy atom. The van der Waals surface area contributed by atoms with Crippen LogP contribution < -0.4 is 14.8 Å². The van der Waals surface area contributed by atoms with Crippen molar-refractivity contribution in [1.82, 2.24) is 14.8 Å². The van der Waals surface area contributed by atoms with Crippen molar-refractivity contribution in [3.05, 3.63) is 84.4 Å². The summed E-state index contributed by atoms with van der Waals surface area (Å²) in [7, 11) is 1.55. The van der Waals surface area contributed by atoms with E-state index < -0.39 is 5.91 Å². The van der Waals surface area contributed by atoms with Crippen molar-refractivity contribution in [3.8, 4) is 28.6 Å². The van der Waals surface area contributed by atoms with Crippen molar-refractivity contribution in [3.63, 3.8) is 0 Å². The molecule has 1 aromatic heterocycles. The summed E-state index contributed by atoms with van der Waals surface area (Å²) in [5.41, 5.74) is 1.85. The maximum absolute atomic E-state index is 13.4. The first-order valence-corrected chi connectivity index (χ1v) is 9.99. The molecule has 0 unspecified atom stereocenters. The normalized spacial score (nSPS) is 10.6. The molecule has 1 N–H and O–H groups in total. The smallest absolute Gasteiger partial charge is 0.295 e. The van der Waals surface area contributed by atoms with Crippen molar-refractivity contribution in [1.29, 1.82) is 0 Å². The van der Waals surface area contributed by atoms with E-state index in [2.05, 4.69) is 15.4 Å². The Labute approximate surface area is 184 Å². The fraction of sp³-hybridized carbons (Fsp3) is 0.125. The highest BCUT2D eigenvalue weighted by Crippen LogP contribution is 2.24. The van der Waals surface area contributed by atoms with Gasteiger partial charge in [-0.25, -0.2) is 14.1 Å². The Bertz CT molecular complexity index is 1220. The van der Waals surface area contributed by atoms with Gasteiger partial charge in [0.25, 0.3) is 5.91 Å². The summed E-state index contributed by atoms with van der Waals surface area (Å²) in [6.07, 6.45) is 0. The number of ether oxygens (including phenoxy) is 2. The first-order chi connectivity index (χ1) is 15.6. The molecule has 4 aromatic rings. The quantitative estimate of drug-likeness (QED) is 0.457. The zero-order valence-electron chi connectivity index (χ0n) is 17.6. The fourth-order valence-electron chi connectivity index (χ4n) is 3.11. The summed E-state index contributed by atoms with van der Waals surface area (Å²) >= 11 is 0. The number of hydrogen-bond acceptors (Lipinski definition) is 5. The van der Waals surface area contributed by atoms with Crippen molar-refractivity contribution < 1.29 is 18.7 Å². The van der Waals surface area contributed by atoms with Gasteiger partial charge >= 0.3 is 0 Å². The molecule has 0 aliphatic rings. The van der Waals surface area contributed by atoms with Gasteiger partial charge in [0.05, 0.1) is 19.4 Å². The summed E-state index contributed by atoms with van der Waals surface area (Å²) in [5, 5.41) is 7.20. The third-order valence-electron chi connectivity index (χ3n) is 4.63. The minimum absolute atomic E-state index is 0.0268. The average Bonchev–Trinajstić information content (AvgIpc) is 3.26. The Morgan fingerprint density at radius 2 is 1.78 bits per heavy atom. The van der Waals surface area contributed by atoms with Crippen LogP contribution in [0.2, 0.25) is 0 Å². The molecule has 3 aromatic carbocycles. The monoisotopic (exact) mass is 432 g/mol. The number of halogens is 1. The van der Waals surface area contributed by atoms with Gasteiger partial charge in [-0.1, -0.05) is 6.07 Å². The Morgan fingerprint density at radius 3 is 2.47 bits per heavy atom. The first-order valence-electron chi connectivity index (χ1n) is 9.99. The predicted molar refractivity (Wildman–Crippen MR) is 119 cm³/mol. The zero-order valence-corrected chi connectivity index (χ0v) is 17.6. The molecule has 0 fully saturated rings. The Kier molecular flexibility index (Phi) is 6.12. The van der Waals surface area contributed by atoms with Crippen LogP contribution in [0.1, 0.15) is 17.5 Å². The molecule has 1 amide bonds. The lowest BCUT2D eigenvalue weighted by molar-refractivity contribution is 0.101. The molecule has 4 rings (SSSR count). The third kappa shape index (κ3) is 4.59. The second kappa shape index (κ2) is 9.30. The molecule has 0 saturated heterocycles. The standard InChI is InChI=1S/C24H21FN4O3/c1-3-32-20-13-11-19(12-14-20)29-23(16-7-9-17(25)10-8-16)27-22(28-29)24(30)26-18-5-4-6-21(15-18)31-2/h4-15H,3H2,1-2H3,(H,26,30). The molecule has 0 radical (unpaired) electrons. The molecule has 7 nitrogen and oxygen atoms in total. The molecule has 0 atom stereocenters. The summed E-state index contributed by atoms with van der Waals surface area (Å²) in [5.74, 6) is 0.868. The minimum Gasteiger partial charge on any atom is -0.497 e. The van der Waals surface area contributed by atoms with Crippen LogP contribution in [0.5, 0.6) is 11.5 Å². The van der Waals surface area contributed by atoms with Gasteiger partial charge in [-0.15, -0.1) is 5.10 Å². The molecule has 32 heavy (non-hydrogen) atoms. The summed E-state index contributed by atoms with van der Waals surface area (Å²) < 4.78 is 25.7. The zero-order chi connectivity index (χ0) is 22.5. The maximum Gasteiger partial charge on any atom is 0.295 e. The minimum atomic E-state index is -0.480. The van der Waals surface area contributed by atoms with Crippen molar-refractivity contribution in [2.45, 2.75) is 6.92 Å². The number of benzene rings is 3. The van der Waals surface area contributed by atoms with E-state index >= 15 is 0 Å². The van der Waals surface area contributed by atoms with E-state index in [0.717, 1.165) is 5.75 Å². The highest BCUT2D eigenvalue weighted by molar-refractivity contribution is 6.02. The number of aromatic nitrogens is 3. The lowest BCUT2D eigenvalue weighted by Crippen LogP contribution is -2.14. The molecule has 8 heteroatoms. The highest BCUT2D eigenvalue weighted by Gasteiger charge is 2.19. The van der Waals surface area contributed by atoms with Crippen molar-refractivity contribution >= 4 is 11.6 Å². The van der Waals surface area contributed by atoms with E-state index in [-0.39, 0.29) is 11.6 Å². The highest BCUT2D eigenvalue weighted by atomic mass is 19.1. The van der Waals surface area contributed by atoms with Gasteiger partial charge in [0.1, 0.15) is 17.3 Å². The van der Waals surface area contributed by atoms with Crippen LogP contribution in [0.25, 0.3) is 17.1 Å². The summed E-state index contributed by atoms with van der Waals surface area (Å²) in [4.78, 5) is 17.3. The van der Waals surface area contributed by atoms with E-state index in [1.54, 1.807) is 48.2 Å². The molecule has 0 aliphatic heterocycles. The van der Waals surface area contributed by atoms with Gasteiger partial charge < -0.3 is 14.8 Å². The third-order valence-corrected chi connectivity index (χ3v) is 4.63. The van der Waals surface area contributed by atoms with Gasteiger partial charge in [0, 0.05) is 17.3 Å². The molecular formula is C24H21FN4O3. The van der Waals surface area contributed by atoms with Crippen LogP contribution in [-0.2, 0) is 0 Å². The number of nitrogens with zero attached hydrogens (tertiary/aromatic N) is 3. The van der Waals surface area contributed by atoms with Crippen LogP contribution in [0.4, 0.5) is 10.1 Å². The van der Waals surface area contributed by atoms with E-state index in [1.807, 2.05) is 31.2 Å². The number of anilines is 1. The van der Waals surface area contributed by atoms with Crippen molar-refractivity contribution in [2.75, 3.05) is 19.0 Å². The van der Waals surface area contributed by atoms with Crippen LogP contribution in [-0.4, -0.2) is 34.4 Å². The average molecular weight is 432 g/mol. The van der Waals surface area contributed by atoms with Crippen LogP contribution >= 0.6 is 0 Å². The number of nitrogens with one attached hydrogen (secondary N) is 1. The number of carbonyl (C=O) groups excluding carboxylic acids is 1. The summed E-state index contributed by atoms with van der Waals surface area (Å²) in [6, 6.07) is 20.1. The SMILES string of the molecule is CCOc1ccc(-n2nc(C(=O)Nc3cccc(OC)c3)nc2-c2ccc(F)cc2)cc1. The molecule has 0 bridgehead atoms. The number of methoxy groups -OCH3 is 1. The van der Waals surface area contributed by atoms with Crippen LogP contribution in [0.3, 0.4) is 0 Å². The molecule has 162 valence electrons.